The summed E-state index contributed by atoms with van der Waals surface area (Å²) < 4.78 is 11.4. The van der Waals surface area contributed by atoms with Gasteiger partial charge in [-0.3, -0.25) is 9.59 Å². The molecule has 21 heavy (non-hydrogen) atoms. The van der Waals surface area contributed by atoms with Gasteiger partial charge in [0.25, 0.3) is 5.91 Å². The highest BCUT2D eigenvalue weighted by atomic mass is 16.5. The minimum atomic E-state index is -0.483. The first-order chi connectivity index (χ1) is 10.2. The van der Waals surface area contributed by atoms with Crippen molar-refractivity contribution in [2.24, 2.45) is 5.10 Å². The number of hydrazone groups is 1. The molecule has 8 heteroatoms. The minimum absolute atomic E-state index is 0.123. The molecule has 2 amide bonds. The van der Waals surface area contributed by atoms with Gasteiger partial charge in [-0.15, -0.1) is 0 Å². The molecule has 3 heterocycles. The predicted octanol–water partition coefficient (Wildman–Crippen LogP) is -1.53. The number of hydrogen-bond acceptors (Lipinski definition) is 6. The summed E-state index contributed by atoms with van der Waals surface area (Å²) in [5, 5.41) is 7.15. The maximum Gasteiger partial charge on any atom is 0.270 e. The molecule has 0 saturated carbocycles. The van der Waals surface area contributed by atoms with Crippen LogP contribution >= 0.6 is 0 Å². The van der Waals surface area contributed by atoms with Crippen molar-refractivity contribution >= 4 is 17.5 Å². The molecule has 2 N–H and O–H groups in total. The summed E-state index contributed by atoms with van der Waals surface area (Å²) in [7, 11) is 0. The number of carbonyl (C=O) groups is 2. The molecule has 0 bridgehead atoms. The first kappa shape index (κ1) is 14.4. The number of amides is 2. The molecular weight excluding hydrogens is 276 g/mol. The van der Waals surface area contributed by atoms with Crippen LogP contribution in [-0.4, -0.2) is 74.0 Å². The summed E-state index contributed by atoms with van der Waals surface area (Å²) in [4.78, 5) is 25.3. The van der Waals surface area contributed by atoms with Crippen molar-refractivity contribution in [1.82, 2.24) is 15.6 Å². The van der Waals surface area contributed by atoms with Gasteiger partial charge in [-0.1, -0.05) is 0 Å². The van der Waals surface area contributed by atoms with E-state index in [1.807, 2.05) is 0 Å². The Kier molecular flexibility index (Phi) is 4.18. The second kappa shape index (κ2) is 6.08. The zero-order valence-corrected chi connectivity index (χ0v) is 11.9. The van der Waals surface area contributed by atoms with Gasteiger partial charge in [-0.05, 0) is 0 Å². The van der Waals surface area contributed by atoms with E-state index >= 15 is 0 Å². The zero-order chi connectivity index (χ0) is 14.7. The van der Waals surface area contributed by atoms with Crippen molar-refractivity contribution in [3.8, 4) is 0 Å². The Balaban J connectivity index is 1.67. The molecule has 3 aliphatic heterocycles. The van der Waals surface area contributed by atoms with Gasteiger partial charge >= 0.3 is 0 Å². The average Bonchev–Trinajstić information content (AvgIpc) is 2.73. The highest BCUT2D eigenvalue weighted by Crippen LogP contribution is 2.20. The smallest absolute Gasteiger partial charge is 0.270 e. The molecule has 0 aromatic heterocycles. The molecule has 1 atom stereocenters. The van der Waals surface area contributed by atoms with Gasteiger partial charge in [0, 0.05) is 32.5 Å². The number of carbonyl (C=O) groups excluding carboxylic acids is 2. The third-order valence-corrected chi connectivity index (χ3v) is 3.92. The van der Waals surface area contributed by atoms with Crippen LogP contribution in [-0.2, 0) is 19.1 Å². The average molecular weight is 296 g/mol. The fourth-order valence-electron chi connectivity index (χ4n) is 2.79. The summed E-state index contributed by atoms with van der Waals surface area (Å²) in [6.45, 7) is 4.08. The van der Waals surface area contributed by atoms with Crippen molar-refractivity contribution in [3.05, 3.63) is 0 Å². The summed E-state index contributed by atoms with van der Waals surface area (Å²) in [6.07, 6.45) is 0.703. The lowest BCUT2D eigenvalue weighted by Gasteiger charge is -2.41. The van der Waals surface area contributed by atoms with E-state index in [-0.39, 0.29) is 11.8 Å². The first-order valence-corrected chi connectivity index (χ1v) is 7.26. The van der Waals surface area contributed by atoms with Gasteiger partial charge in [0.2, 0.25) is 5.91 Å². The monoisotopic (exact) mass is 296 g/mol. The topological polar surface area (TPSA) is 92.3 Å². The first-order valence-electron chi connectivity index (χ1n) is 7.26. The molecule has 0 unspecified atom stereocenters. The van der Waals surface area contributed by atoms with E-state index in [0.717, 1.165) is 6.54 Å². The number of ether oxygens (including phenoxy) is 2. The molecule has 0 aromatic carbocycles. The summed E-state index contributed by atoms with van der Waals surface area (Å²) >= 11 is 0. The van der Waals surface area contributed by atoms with E-state index in [0.29, 0.717) is 58.0 Å². The van der Waals surface area contributed by atoms with Crippen LogP contribution in [0.5, 0.6) is 0 Å². The molecule has 116 valence electrons. The van der Waals surface area contributed by atoms with Gasteiger partial charge in [0.15, 0.2) is 0 Å². The third-order valence-electron chi connectivity index (χ3n) is 3.92. The SMILES string of the molecule is O=C1CCC(C(=O)N2CCO[C@@]3(CNCCOC3)C2)=NN1. The standard InChI is InChI=1S/C13H20N4O4/c18-11-2-1-10(15-16-11)12(19)17-4-6-21-13(8-17)7-14-3-5-20-9-13/h14H,1-9H2,(H,16,18)/t13-/m0/s1. The van der Waals surface area contributed by atoms with Crippen LogP contribution in [0.3, 0.4) is 0 Å². The van der Waals surface area contributed by atoms with Crippen LogP contribution in [0.4, 0.5) is 0 Å². The van der Waals surface area contributed by atoms with E-state index < -0.39 is 5.60 Å². The van der Waals surface area contributed by atoms with Gasteiger partial charge in [-0.2, -0.15) is 5.10 Å². The Morgan fingerprint density at radius 3 is 3.05 bits per heavy atom. The summed E-state index contributed by atoms with van der Waals surface area (Å²) in [5.41, 5.74) is 2.29. The molecule has 1 spiro atoms. The predicted molar refractivity (Wildman–Crippen MR) is 73.8 cm³/mol. The van der Waals surface area contributed by atoms with E-state index in [4.69, 9.17) is 9.47 Å². The molecule has 3 aliphatic rings. The van der Waals surface area contributed by atoms with Crippen LogP contribution in [0.15, 0.2) is 5.10 Å². The normalized spacial score (nSPS) is 30.6. The van der Waals surface area contributed by atoms with Crippen LogP contribution in [0.1, 0.15) is 12.8 Å². The Hall–Kier alpha value is -1.51. The largest absolute Gasteiger partial charge is 0.377 e. The lowest BCUT2D eigenvalue weighted by atomic mass is 10.0. The Labute approximate surface area is 122 Å². The lowest BCUT2D eigenvalue weighted by molar-refractivity contribution is -0.153. The maximum atomic E-state index is 12.5. The zero-order valence-electron chi connectivity index (χ0n) is 11.9. The highest BCUT2D eigenvalue weighted by Gasteiger charge is 2.40. The molecule has 0 aromatic rings. The molecule has 0 radical (unpaired) electrons. The Morgan fingerprint density at radius 1 is 1.33 bits per heavy atom. The Morgan fingerprint density at radius 2 is 2.24 bits per heavy atom. The quantitative estimate of drug-likeness (QED) is 0.612. The number of nitrogens with zero attached hydrogens (tertiary/aromatic N) is 2. The molecule has 2 fully saturated rings. The summed E-state index contributed by atoms with van der Waals surface area (Å²) in [6, 6.07) is 0. The number of morpholine rings is 1. The number of rotatable bonds is 1. The second-order valence-corrected chi connectivity index (χ2v) is 5.58. The Bertz CT molecular complexity index is 457. The van der Waals surface area contributed by atoms with Crippen LogP contribution in [0.2, 0.25) is 0 Å². The number of nitrogens with one attached hydrogen (secondary N) is 2. The second-order valence-electron chi connectivity index (χ2n) is 5.58. The lowest BCUT2D eigenvalue weighted by Crippen LogP contribution is -2.60. The van der Waals surface area contributed by atoms with Crippen LogP contribution in [0, 0.1) is 0 Å². The van der Waals surface area contributed by atoms with Crippen molar-refractivity contribution in [1.29, 1.82) is 0 Å². The van der Waals surface area contributed by atoms with Gasteiger partial charge in [0.05, 0.1) is 26.4 Å². The fourth-order valence-corrected chi connectivity index (χ4v) is 2.79. The fraction of sp³-hybridized carbons (Fsp3) is 0.769. The maximum absolute atomic E-state index is 12.5. The van der Waals surface area contributed by atoms with Gasteiger partial charge in [-0.25, -0.2) is 5.43 Å². The van der Waals surface area contributed by atoms with E-state index in [9.17, 15) is 9.59 Å². The minimum Gasteiger partial charge on any atom is -0.377 e. The summed E-state index contributed by atoms with van der Waals surface area (Å²) in [5.74, 6) is -0.270. The number of hydrogen-bond donors (Lipinski definition) is 2. The molecule has 0 aliphatic carbocycles. The van der Waals surface area contributed by atoms with E-state index in [1.165, 1.54) is 0 Å². The van der Waals surface area contributed by atoms with Crippen molar-refractivity contribution in [3.63, 3.8) is 0 Å². The van der Waals surface area contributed by atoms with Crippen LogP contribution in [0.25, 0.3) is 0 Å². The highest BCUT2D eigenvalue weighted by molar-refractivity contribution is 6.39. The molecule has 2 saturated heterocycles. The van der Waals surface area contributed by atoms with E-state index in [1.54, 1.807) is 4.90 Å². The third kappa shape index (κ3) is 3.22. The van der Waals surface area contributed by atoms with Crippen molar-refractivity contribution in [2.45, 2.75) is 18.4 Å². The molecule has 8 nitrogen and oxygen atoms in total. The van der Waals surface area contributed by atoms with Crippen molar-refractivity contribution < 1.29 is 19.1 Å². The van der Waals surface area contributed by atoms with Gasteiger partial charge in [0.1, 0.15) is 11.3 Å². The van der Waals surface area contributed by atoms with E-state index in [2.05, 4.69) is 15.8 Å². The van der Waals surface area contributed by atoms with Crippen LogP contribution < -0.4 is 10.7 Å². The molecular formula is C13H20N4O4. The van der Waals surface area contributed by atoms with Crippen molar-refractivity contribution in [2.75, 3.05) is 46.0 Å². The van der Waals surface area contributed by atoms with Gasteiger partial charge < -0.3 is 19.7 Å². The molecule has 3 rings (SSSR count).